The molecule has 2 aliphatic rings. The number of nitrogens with one attached hydrogen (secondary N) is 1. The highest BCUT2D eigenvalue weighted by Gasteiger charge is 2.23. The second-order valence-electron chi connectivity index (χ2n) is 12.2. The second-order valence-corrected chi connectivity index (χ2v) is 12.2. The van der Waals surface area contributed by atoms with E-state index in [9.17, 15) is 9.59 Å². The number of carbonyl (C=O) groups excluding carboxylic acids is 2. The van der Waals surface area contributed by atoms with Gasteiger partial charge in [0.1, 0.15) is 5.75 Å². The fraction of sp³-hybridized carbons (Fsp3) is 0.588. The molecule has 0 radical (unpaired) electrons. The van der Waals surface area contributed by atoms with Crippen LogP contribution >= 0.6 is 0 Å². The number of anilines is 1. The Hall–Kier alpha value is -3.10. The van der Waals surface area contributed by atoms with Crippen LogP contribution in [0.1, 0.15) is 69.1 Å². The van der Waals surface area contributed by atoms with Gasteiger partial charge in [0.15, 0.2) is 0 Å². The molecule has 2 heterocycles. The molecule has 1 unspecified atom stereocenters. The van der Waals surface area contributed by atoms with Crippen LogP contribution in [0.2, 0.25) is 0 Å². The maximum absolute atomic E-state index is 13.6. The molecule has 1 fully saturated rings. The number of hydrogen-bond donors (Lipinski definition) is 1. The standard InChI is InChI=1S/C34H50N4O4/c1-26(2)37-23-29-21-27(12-16-32(29)42-19-7-5-6-18-35-33(39)25-37)13-17-34(40)38(24-31-9-8-20-41-31)22-28-10-14-30(15-11-28)36(3)4/h10-12,14-16,21,26,31H,5-9,13,17-20,22-25H2,1-4H3,(H,35,39). The number of benzene rings is 2. The van der Waals surface area contributed by atoms with Gasteiger partial charge in [0.25, 0.3) is 0 Å². The third-order valence-electron chi connectivity index (χ3n) is 8.23. The van der Waals surface area contributed by atoms with Crippen molar-refractivity contribution in [3.63, 3.8) is 0 Å². The summed E-state index contributed by atoms with van der Waals surface area (Å²) in [5.74, 6) is 1.08. The summed E-state index contributed by atoms with van der Waals surface area (Å²) in [7, 11) is 4.06. The number of hydrogen-bond acceptors (Lipinski definition) is 6. The van der Waals surface area contributed by atoms with Crippen LogP contribution < -0.4 is 15.0 Å². The normalized spacial score (nSPS) is 18.7. The molecule has 1 saturated heterocycles. The van der Waals surface area contributed by atoms with Gasteiger partial charge in [-0.2, -0.15) is 0 Å². The Morgan fingerprint density at radius 2 is 1.79 bits per heavy atom. The number of amides is 2. The van der Waals surface area contributed by atoms with Crippen molar-refractivity contribution >= 4 is 17.5 Å². The van der Waals surface area contributed by atoms with E-state index in [2.05, 4.69) is 65.4 Å². The number of aryl methyl sites for hydroxylation is 1. The van der Waals surface area contributed by atoms with Crippen molar-refractivity contribution < 1.29 is 19.1 Å². The van der Waals surface area contributed by atoms with E-state index in [1.165, 1.54) is 0 Å². The maximum Gasteiger partial charge on any atom is 0.234 e. The van der Waals surface area contributed by atoms with Gasteiger partial charge in [-0.3, -0.25) is 14.5 Å². The summed E-state index contributed by atoms with van der Waals surface area (Å²) in [4.78, 5) is 32.4. The van der Waals surface area contributed by atoms with Gasteiger partial charge in [0.05, 0.1) is 19.3 Å². The average molecular weight is 579 g/mol. The number of nitrogens with zero attached hydrogens (tertiary/aromatic N) is 3. The number of ether oxygens (including phenoxy) is 2. The molecular formula is C34H50N4O4. The lowest BCUT2D eigenvalue weighted by Crippen LogP contribution is -2.40. The van der Waals surface area contributed by atoms with Gasteiger partial charge in [-0.15, -0.1) is 0 Å². The molecule has 4 rings (SSSR count). The third-order valence-corrected chi connectivity index (χ3v) is 8.23. The lowest BCUT2D eigenvalue weighted by molar-refractivity contribution is -0.133. The lowest BCUT2D eigenvalue weighted by Gasteiger charge is -2.27. The van der Waals surface area contributed by atoms with E-state index in [1.54, 1.807) is 0 Å². The summed E-state index contributed by atoms with van der Waals surface area (Å²) in [6.07, 6.45) is 6.17. The predicted octanol–water partition coefficient (Wildman–Crippen LogP) is 4.78. The van der Waals surface area contributed by atoms with Crippen LogP contribution in [0, 0.1) is 0 Å². The van der Waals surface area contributed by atoms with Crippen LogP contribution in [0.4, 0.5) is 5.69 Å². The van der Waals surface area contributed by atoms with Crippen molar-refractivity contribution in [2.24, 2.45) is 0 Å². The fourth-order valence-corrected chi connectivity index (χ4v) is 5.56. The highest BCUT2D eigenvalue weighted by molar-refractivity contribution is 5.78. The van der Waals surface area contributed by atoms with Gasteiger partial charge in [-0.1, -0.05) is 24.3 Å². The predicted molar refractivity (Wildman–Crippen MR) is 168 cm³/mol. The van der Waals surface area contributed by atoms with Gasteiger partial charge in [0, 0.05) is 70.6 Å². The minimum Gasteiger partial charge on any atom is -0.493 e. The lowest BCUT2D eigenvalue weighted by atomic mass is 10.0. The minimum atomic E-state index is 0.0647. The van der Waals surface area contributed by atoms with Crippen molar-refractivity contribution in [2.45, 2.75) is 84.0 Å². The van der Waals surface area contributed by atoms with Crippen LogP contribution in [-0.2, 0) is 33.8 Å². The van der Waals surface area contributed by atoms with E-state index < -0.39 is 0 Å². The molecule has 42 heavy (non-hydrogen) atoms. The molecule has 1 N–H and O–H groups in total. The summed E-state index contributed by atoms with van der Waals surface area (Å²) in [5, 5.41) is 3.06. The van der Waals surface area contributed by atoms with Gasteiger partial charge < -0.3 is 24.6 Å². The summed E-state index contributed by atoms with van der Waals surface area (Å²) in [5.41, 5.74) is 4.44. The minimum absolute atomic E-state index is 0.0647. The van der Waals surface area contributed by atoms with Crippen LogP contribution in [0.25, 0.3) is 0 Å². The van der Waals surface area contributed by atoms with Crippen molar-refractivity contribution in [1.29, 1.82) is 0 Å². The van der Waals surface area contributed by atoms with E-state index in [1.807, 2.05) is 25.1 Å². The molecule has 2 aromatic carbocycles. The SMILES string of the molecule is CC(C)N1CC(=O)NCCCCCOc2ccc(CCC(=O)N(Cc3ccc(N(C)C)cc3)CC3CCCO3)cc2C1. The molecule has 0 aliphatic carbocycles. The topological polar surface area (TPSA) is 74.4 Å². The first-order chi connectivity index (χ1) is 20.3. The van der Waals surface area contributed by atoms with Gasteiger partial charge in [0.2, 0.25) is 11.8 Å². The van der Waals surface area contributed by atoms with Crippen LogP contribution in [-0.4, -0.2) is 80.7 Å². The van der Waals surface area contributed by atoms with Crippen molar-refractivity contribution in [1.82, 2.24) is 15.1 Å². The molecule has 0 aromatic heterocycles. The Bertz CT molecular complexity index is 1140. The highest BCUT2D eigenvalue weighted by Crippen LogP contribution is 2.25. The molecule has 0 bridgehead atoms. The summed E-state index contributed by atoms with van der Waals surface area (Å²) >= 11 is 0. The Balaban J connectivity index is 1.46. The average Bonchev–Trinajstić information content (AvgIpc) is 3.49. The van der Waals surface area contributed by atoms with Crippen LogP contribution in [0.5, 0.6) is 5.75 Å². The molecule has 2 aliphatic heterocycles. The zero-order valence-corrected chi connectivity index (χ0v) is 26.1. The van der Waals surface area contributed by atoms with E-state index in [0.29, 0.717) is 52.2 Å². The molecule has 2 amide bonds. The van der Waals surface area contributed by atoms with E-state index in [-0.39, 0.29) is 24.0 Å². The van der Waals surface area contributed by atoms with E-state index in [0.717, 1.165) is 66.8 Å². The van der Waals surface area contributed by atoms with Gasteiger partial charge in [-0.25, -0.2) is 0 Å². The molecular weight excluding hydrogens is 528 g/mol. The molecule has 2 aromatic rings. The molecule has 1 atom stereocenters. The second kappa shape index (κ2) is 15.9. The third kappa shape index (κ3) is 9.73. The molecule has 0 saturated carbocycles. The molecule has 8 nitrogen and oxygen atoms in total. The van der Waals surface area contributed by atoms with E-state index >= 15 is 0 Å². The first-order valence-corrected chi connectivity index (χ1v) is 15.7. The Kier molecular flexibility index (Phi) is 12.1. The van der Waals surface area contributed by atoms with Gasteiger partial charge in [-0.05, 0) is 81.7 Å². The smallest absolute Gasteiger partial charge is 0.234 e. The first kappa shape index (κ1) is 31.8. The number of carbonyl (C=O) groups is 2. The number of fused-ring (bicyclic) bond motifs is 1. The largest absolute Gasteiger partial charge is 0.493 e. The van der Waals surface area contributed by atoms with Crippen molar-refractivity contribution in [3.05, 3.63) is 59.2 Å². The van der Waals surface area contributed by atoms with E-state index in [4.69, 9.17) is 9.47 Å². The van der Waals surface area contributed by atoms with Crippen molar-refractivity contribution in [3.8, 4) is 5.75 Å². The molecule has 230 valence electrons. The highest BCUT2D eigenvalue weighted by atomic mass is 16.5. The summed E-state index contributed by atoms with van der Waals surface area (Å²) in [6.45, 7) is 8.56. The number of rotatable bonds is 9. The van der Waals surface area contributed by atoms with Gasteiger partial charge >= 0.3 is 0 Å². The summed E-state index contributed by atoms with van der Waals surface area (Å²) in [6, 6.07) is 14.9. The Morgan fingerprint density at radius 1 is 1.00 bits per heavy atom. The first-order valence-electron chi connectivity index (χ1n) is 15.7. The Morgan fingerprint density at radius 3 is 2.50 bits per heavy atom. The zero-order valence-electron chi connectivity index (χ0n) is 26.1. The Labute approximate surface area is 252 Å². The van der Waals surface area contributed by atoms with Crippen LogP contribution in [0.3, 0.4) is 0 Å². The molecule has 0 spiro atoms. The maximum atomic E-state index is 13.6. The fourth-order valence-electron chi connectivity index (χ4n) is 5.56. The van der Waals surface area contributed by atoms with Crippen molar-refractivity contribution in [2.75, 3.05) is 51.8 Å². The van der Waals surface area contributed by atoms with Crippen LogP contribution in [0.15, 0.2) is 42.5 Å². The summed E-state index contributed by atoms with van der Waals surface area (Å²) < 4.78 is 12.1. The molecule has 8 heteroatoms. The monoisotopic (exact) mass is 578 g/mol. The quantitative estimate of drug-likeness (QED) is 0.462. The zero-order chi connectivity index (χ0) is 29.9.